The quantitative estimate of drug-likeness (QED) is 0.356. The predicted octanol–water partition coefficient (Wildman–Crippen LogP) is 5.03. The van der Waals surface area contributed by atoms with Gasteiger partial charge in [0.1, 0.15) is 24.1 Å². The fourth-order valence-corrected chi connectivity index (χ4v) is 6.73. The fraction of sp³-hybridized carbons (Fsp3) is 0.452. The summed E-state index contributed by atoms with van der Waals surface area (Å²) >= 11 is 6.84. The van der Waals surface area contributed by atoms with Crippen LogP contribution in [0.3, 0.4) is 0 Å². The van der Waals surface area contributed by atoms with Gasteiger partial charge in [0.15, 0.2) is 5.75 Å². The van der Waals surface area contributed by atoms with E-state index in [0.29, 0.717) is 36.2 Å². The number of halogens is 3. The Morgan fingerprint density at radius 3 is 2.67 bits per heavy atom. The fourth-order valence-electron chi connectivity index (χ4n) is 6.44. The number of amides is 1. The molecule has 222 valence electrons. The number of carbonyl (C=O) groups excluding carboxylic acids is 1. The molecule has 42 heavy (non-hydrogen) atoms. The van der Waals surface area contributed by atoms with Crippen molar-refractivity contribution in [3.63, 3.8) is 0 Å². The zero-order chi connectivity index (χ0) is 29.7. The minimum absolute atomic E-state index is 0.0884. The minimum atomic E-state index is -0.776. The van der Waals surface area contributed by atoms with Crippen LogP contribution in [0, 0.1) is 11.6 Å². The normalized spacial score (nSPS) is 22.2. The van der Waals surface area contributed by atoms with Crippen molar-refractivity contribution in [1.82, 2.24) is 19.4 Å². The molecule has 8 nitrogen and oxygen atoms in total. The molecule has 3 aliphatic heterocycles. The molecule has 0 radical (unpaired) electrons. The van der Waals surface area contributed by atoms with Crippen LogP contribution >= 0.6 is 11.6 Å². The molecule has 0 saturated carbocycles. The first kappa shape index (κ1) is 28.6. The molecular formula is C31H34ClF2N5O3. The van der Waals surface area contributed by atoms with Gasteiger partial charge in [-0.05, 0) is 77.0 Å². The number of hydrogen-bond donors (Lipinski definition) is 0. The molecule has 4 heterocycles. The Kier molecular flexibility index (Phi) is 7.70. The standard InChI is InChI=1S/C31H34ClF2N5O3/c1-4-26(40)37-15-19(3)38(16-18(37)2)30-23-14-24(32)27(22-9-8-20(33)13-25(22)34)29-28(23)39(31(41)35-30)21(17-42-29)7-5-10-36-11-6-12-36/h4,8-9,13-14,18-19,21H,1,5-7,10-12,15-17H2,2-3H3/t18-,19+,21?/m1/s1. The largest absolute Gasteiger partial charge is 0.488 e. The van der Waals surface area contributed by atoms with Crippen molar-refractivity contribution in [3.8, 4) is 16.9 Å². The van der Waals surface area contributed by atoms with E-state index < -0.39 is 17.3 Å². The number of anilines is 1. The van der Waals surface area contributed by atoms with Crippen LogP contribution in [0.4, 0.5) is 14.6 Å². The summed E-state index contributed by atoms with van der Waals surface area (Å²) in [6.45, 7) is 11.7. The van der Waals surface area contributed by atoms with E-state index >= 15 is 4.39 Å². The van der Waals surface area contributed by atoms with E-state index in [1.807, 2.05) is 18.7 Å². The number of benzene rings is 2. The second-order valence-electron chi connectivity index (χ2n) is 11.5. The Morgan fingerprint density at radius 1 is 1.19 bits per heavy atom. The lowest BCUT2D eigenvalue weighted by molar-refractivity contribution is -0.128. The smallest absolute Gasteiger partial charge is 0.350 e. The molecule has 3 atom stereocenters. The number of ether oxygens (including phenoxy) is 1. The minimum Gasteiger partial charge on any atom is -0.488 e. The van der Waals surface area contributed by atoms with Crippen molar-refractivity contribution in [2.24, 2.45) is 0 Å². The Morgan fingerprint density at radius 2 is 1.98 bits per heavy atom. The third-order valence-corrected chi connectivity index (χ3v) is 9.06. The van der Waals surface area contributed by atoms with Gasteiger partial charge in [0, 0.05) is 47.8 Å². The number of rotatable bonds is 7. The molecule has 1 aromatic heterocycles. The van der Waals surface area contributed by atoms with Gasteiger partial charge >= 0.3 is 5.69 Å². The number of carbonyl (C=O) groups is 1. The second-order valence-corrected chi connectivity index (χ2v) is 11.9. The van der Waals surface area contributed by atoms with Crippen molar-refractivity contribution < 1.29 is 18.3 Å². The van der Waals surface area contributed by atoms with Crippen molar-refractivity contribution in [1.29, 1.82) is 0 Å². The molecule has 1 amide bonds. The van der Waals surface area contributed by atoms with E-state index in [1.165, 1.54) is 24.6 Å². The topological polar surface area (TPSA) is 70.9 Å². The van der Waals surface area contributed by atoms with Gasteiger partial charge in [-0.1, -0.05) is 18.2 Å². The Hall–Kier alpha value is -3.50. The molecule has 2 aromatic carbocycles. The molecule has 0 aliphatic carbocycles. The molecular weight excluding hydrogens is 564 g/mol. The highest BCUT2D eigenvalue weighted by molar-refractivity contribution is 6.35. The van der Waals surface area contributed by atoms with Gasteiger partial charge in [0.2, 0.25) is 5.91 Å². The van der Waals surface area contributed by atoms with Gasteiger partial charge in [0.25, 0.3) is 0 Å². The van der Waals surface area contributed by atoms with E-state index in [9.17, 15) is 14.0 Å². The third kappa shape index (κ3) is 4.94. The van der Waals surface area contributed by atoms with E-state index in [1.54, 1.807) is 15.5 Å². The zero-order valence-corrected chi connectivity index (χ0v) is 24.5. The number of piperazine rings is 1. The van der Waals surface area contributed by atoms with Crippen molar-refractivity contribution in [2.45, 2.75) is 51.2 Å². The van der Waals surface area contributed by atoms with E-state index in [4.69, 9.17) is 16.3 Å². The van der Waals surface area contributed by atoms with Gasteiger partial charge in [-0.25, -0.2) is 13.6 Å². The van der Waals surface area contributed by atoms with Gasteiger partial charge in [-0.15, -0.1) is 0 Å². The second kappa shape index (κ2) is 11.3. The number of likely N-dealkylation sites (tertiary alicyclic amines) is 1. The molecule has 1 unspecified atom stereocenters. The maximum absolute atomic E-state index is 15.1. The molecule has 2 fully saturated rings. The Balaban J connectivity index is 1.50. The third-order valence-electron chi connectivity index (χ3n) is 8.76. The number of nitrogens with zero attached hydrogens (tertiary/aromatic N) is 5. The predicted molar refractivity (Wildman–Crippen MR) is 159 cm³/mol. The molecule has 0 bridgehead atoms. The van der Waals surface area contributed by atoms with Gasteiger partial charge < -0.3 is 19.4 Å². The molecule has 0 spiro atoms. The monoisotopic (exact) mass is 597 g/mol. The van der Waals surface area contributed by atoms with Crippen molar-refractivity contribution in [3.05, 3.63) is 64.1 Å². The first-order chi connectivity index (χ1) is 20.2. The van der Waals surface area contributed by atoms with Crippen LogP contribution in [0.1, 0.15) is 39.2 Å². The molecule has 3 aromatic rings. The summed E-state index contributed by atoms with van der Waals surface area (Å²) in [5, 5.41) is 0.810. The highest BCUT2D eigenvalue weighted by Gasteiger charge is 2.36. The van der Waals surface area contributed by atoms with Crippen LogP contribution < -0.4 is 15.3 Å². The zero-order valence-electron chi connectivity index (χ0n) is 23.8. The summed E-state index contributed by atoms with van der Waals surface area (Å²) in [7, 11) is 0. The lowest BCUT2D eigenvalue weighted by Gasteiger charge is -2.45. The van der Waals surface area contributed by atoms with E-state index in [0.717, 1.165) is 32.1 Å². The molecule has 11 heteroatoms. The van der Waals surface area contributed by atoms with Crippen LogP contribution in [0.15, 0.2) is 41.7 Å². The summed E-state index contributed by atoms with van der Waals surface area (Å²) in [5.74, 6) is -0.909. The van der Waals surface area contributed by atoms with Crippen LogP contribution in [-0.4, -0.2) is 76.7 Å². The number of hydrogen-bond acceptors (Lipinski definition) is 6. The van der Waals surface area contributed by atoms with E-state index in [2.05, 4.69) is 16.5 Å². The molecule has 3 aliphatic rings. The highest BCUT2D eigenvalue weighted by atomic mass is 35.5. The maximum atomic E-state index is 15.1. The van der Waals surface area contributed by atoms with Crippen LogP contribution in [0.5, 0.6) is 5.75 Å². The Labute approximate surface area is 248 Å². The lowest BCUT2D eigenvalue weighted by Crippen LogP contribution is -2.58. The lowest BCUT2D eigenvalue weighted by atomic mass is 9.98. The molecule has 0 N–H and O–H groups in total. The molecule has 6 rings (SSSR count). The van der Waals surface area contributed by atoms with Gasteiger partial charge in [-0.2, -0.15) is 4.98 Å². The maximum Gasteiger partial charge on any atom is 0.350 e. The average Bonchev–Trinajstić information content (AvgIpc) is 2.93. The first-order valence-electron chi connectivity index (χ1n) is 14.5. The van der Waals surface area contributed by atoms with Crippen molar-refractivity contribution >= 4 is 34.2 Å². The number of aromatic nitrogens is 2. The highest BCUT2D eigenvalue weighted by Crippen LogP contribution is 2.47. The first-order valence-corrected chi connectivity index (χ1v) is 14.8. The van der Waals surface area contributed by atoms with Crippen molar-refractivity contribution in [2.75, 3.05) is 44.2 Å². The summed E-state index contributed by atoms with van der Waals surface area (Å²) in [5.41, 5.74) is 0.435. The van der Waals surface area contributed by atoms with Crippen LogP contribution in [0.2, 0.25) is 5.02 Å². The molecule has 2 saturated heterocycles. The van der Waals surface area contributed by atoms with Crippen LogP contribution in [-0.2, 0) is 4.79 Å². The summed E-state index contributed by atoms with van der Waals surface area (Å²) < 4.78 is 36.9. The summed E-state index contributed by atoms with van der Waals surface area (Å²) in [6.07, 6.45) is 4.12. The summed E-state index contributed by atoms with van der Waals surface area (Å²) in [6, 6.07) is 4.42. The SMILES string of the molecule is C=CC(=O)N1C[C@H](C)N(c2nc(=O)n3c4c(c(-c5ccc(F)cc5F)c(Cl)cc24)OCC3CCCN2CCC2)C[C@H]1C. The average molecular weight is 598 g/mol. The Bertz CT molecular complexity index is 1620. The summed E-state index contributed by atoms with van der Waals surface area (Å²) in [4.78, 5) is 37.1. The van der Waals surface area contributed by atoms with Crippen LogP contribution in [0.25, 0.3) is 22.0 Å². The van der Waals surface area contributed by atoms with Gasteiger partial charge in [-0.3, -0.25) is 9.36 Å². The van der Waals surface area contributed by atoms with E-state index in [-0.39, 0.29) is 52.5 Å². The van der Waals surface area contributed by atoms with Gasteiger partial charge in [0.05, 0.1) is 16.6 Å².